The zero-order valence-electron chi connectivity index (χ0n) is 17.8. The third-order valence-corrected chi connectivity index (χ3v) is 4.78. The van der Waals surface area contributed by atoms with Crippen molar-refractivity contribution in [2.24, 2.45) is 0 Å². The quantitative estimate of drug-likeness (QED) is 0.791. The molecule has 1 aliphatic rings. The number of nitrogens with zero attached hydrogens (tertiary/aromatic N) is 1. The van der Waals surface area contributed by atoms with Crippen molar-refractivity contribution in [2.75, 3.05) is 6.54 Å². The van der Waals surface area contributed by atoms with Crippen molar-refractivity contribution in [2.45, 2.75) is 65.3 Å². The molecule has 150 valence electrons. The van der Waals surface area contributed by atoms with E-state index in [1.807, 2.05) is 66.7 Å². The molecule has 0 bridgehead atoms. The third-order valence-electron chi connectivity index (χ3n) is 4.78. The van der Waals surface area contributed by atoms with Crippen molar-refractivity contribution in [3.63, 3.8) is 0 Å². The van der Waals surface area contributed by atoms with E-state index in [1.165, 1.54) is 0 Å². The van der Waals surface area contributed by atoms with Crippen LogP contribution in [0.25, 0.3) is 6.08 Å². The summed E-state index contributed by atoms with van der Waals surface area (Å²) < 4.78 is 17.6. The first-order valence-corrected chi connectivity index (χ1v) is 9.36. The molecule has 0 aliphatic carbocycles. The number of alkyl carbamates (subject to hydrolysis) is 1. The summed E-state index contributed by atoms with van der Waals surface area (Å²) in [6.07, 6.45) is 1.40. The molecule has 1 aromatic rings. The van der Waals surface area contributed by atoms with Crippen LogP contribution in [0.3, 0.4) is 0 Å². The molecule has 1 fully saturated rings. The van der Waals surface area contributed by atoms with Crippen molar-refractivity contribution in [1.82, 2.24) is 5.32 Å². The van der Waals surface area contributed by atoms with Crippen LogP contribution >= 0.6 is 0 Å². The van der Waals surface area contributed by atoms with Crippen LogP contribution < -0.4 is 5.32 Å². The Morgan fingerprint density at radius 1 is 1.18 bits per heavy atom. The number of amides is 1. The van der Waals surface area contributed by atoms with Gasteiger partial charge >= 0.3 is 13.2 Å². The molecular formula is C21H29BN2O4. The summed E-state index contributed by atoms with van der Waals surface area (Å²) in [5, 5.41) is 11.7. The van der Waals surface area contributed by atoms with E-state index in [1.54, 1.807) is 12.1 Å². The second kappa shape index (κ2) is 7.98. The number of hydrogen-bond acceptors (Lipinski definition) is 5. The summed E-state index contributed by atoms with van der Waals surface area (Å²) in [6.45, 7) is 13.6. The van der Waals surface area contributed by atoms with Gasteiger partial charge in [-0.2, -0.15) is 5.26 Å². The second-order valence-electron chi connectivity index (χ2n) is 8.90. The second-order valence-corrected chi connectivity index (χ2v) is 8.90. The van der Waals surface area contributed by atoms with Gasteiger partial charge < -0.3 is 19.4 Å². The molecule has 0 unspecified atom stereocenters. The molecule has 1 heterocycles. The van der Waals surface area contributed by atoms with Gasteiger partial charge in [-0.3, -0.25) is 0 Å². The Balaban J connectivity index is 2.24. The summed E-state index contributed by atoms with van der Waals surface area (Å²) >= 11 is 0. The summed E-state index contributed by atoms with van der Waals surface area (Å²) in [5.41, 5.74) is 0.664. The van der Waals surface area contributed by atoms with Crippen LogP contribution in [0.2, 0.25) is 0 Å². The Morgan fingerprint density at radius 2 is 1.71 bits per heavy atom. The smallest absolute Gasteiger partial charge is 0.444 e. The van der Waals surface area contributed by atoms with Gasteiger partial charge in [0, 0.05) is 6.54 Å². The number of nitrogens with one attached hydrogen (secondary N) is 1. The Labute approximate surface area is 168 Å². The Bertz CT molecular complexity index is 770. The number of nitriles is 1. The molecule has 1 amide bonds. The Kier molecular flexibility index (Phi) is 6.27. The molecule has 0 radical (unpaired) electrons. The van der Waals surface area contributed by atoms with E-state index in [0.717, 1.165) is 11.0 Å². The maximum Gasteiger partial charge on any atom is 0.492 e. The standard InChI is InChI=1S/C21H29BN2O4/c1-19(2,3)26-18(25)24-14-17(12-15-8-10-16(13-23)11-9-15)22-27-20(4,5)21(6,7)28-22/h8-12H,14H2,1-7H3,(H,24,25). The number of ether oxygens (including phenoxy) is 1. The maximum atomic E-state index is 12.1. The third kappa shape index (κ3) is 5.60. The highest BCUT2D eigenvalue weighted by molar-refractivity contribution is 6.56. The van der Waals surface area contributed by atoms with E-state index in [9.17, 15) is 4.79 Å². The SMILES string of the molecule is CC(C)(C)OC(=O)NCC(=Cc1ccc(C#N)cc1)B1OC(C)(C)C(C)(C)O1. The zero-order valence-corrected chi connectivity index (χ0v) is 17.8. The van der Waals surface area contributed by atoms with Gasteiger partial charge in [0.2, 0.25) is 0 Å². The van der Waals surface area contributed by atoms with Gasteiger partial charge in [0.25, 0.3) is 0 Å². The normalized spacial score (nSPS) is 18.5. The first kappa shape index (κ1) is 22.0. The van der Waals surface area contributed by atoms with E-state index < -0.39 is 30.0 Å². The summed E-state index contributed by atoms with van der Waals surface area (Å²) in [4.78, 5) is 12.1. The van der Waals surface area contributed by atoms with Gasteiger partial charge in [-0.25, -0.2) is 4.79 Å². The molecule has 1 N–H and O–H groups in total. The van der Waals surface area contributed by atoms with Crippen molar-refractivity contribution >= 4 is 19.3 Å². The minimum atomic E-state index is -0.601. The fourth-order valence-corrected chi connectivity index (χ4v) is 2.55. The van der Waals surface area contributed by atoms with Gasteiger partial charge in [0.15, 0.2) is 0 Å². The zero-order chi connectivity index (χ0) is 21.2. The molecular weight excluding hydrogens is 355 g/mol. The molecule has 0 spiro atoms. The van der Waals surface area contributed by atoms with Crippen molar-refractivity contribution < 1.29 is 18.8 Å². The lowest BCUT2D eigenvalue weighted by Gasteiger charge is -2.32. The highest BCUT2D eigenvalue weighted by Crippen LogP contribution is 2.38. The van der Waals surface area contributed by atoms with Gasteiger partial charge in [0.05, 0.1) is 22.8 Å². The van der Waals surface area contributed by atoms with Crippen LogP contribution in [0, 0.1) is 11.3 Å². The molecule has 28 heavy (non-hydrogen) atoms. The van der Waals surface area contributed by atoms with E-state index in [4.69, 9.17) is 19.3 Å². The number of rotatable bonds is 4. The molecule has 0 saturated carbocycles. The van der Waals surface area contributed by atoms with E-state index >= 15 is 0 Å². The molecule has 1 saturated heterocycles. The summed E-state index contributed by atoms with van der Waals surface area (Å²) in [5.74, 6) is 0. The first-order valence-electron chi connectivity index (χ1n) is 9.36. The predicted octanol–water partition coefficient (Wildman–Crippen LogP) is 4.10. The van der Waals surface area contributed by atoms with Crippen molar-refractivity contribution in [3.8, 4) is 6.07 Å². The lowest BCUT2D eigenvalue weighted by molar-refractivity contribution is 0.00578. The lowest BCUT2D eigenvalue weighted by atomic mass is 9.77. The Morgan fingerprint density at radius 3 is 2.18 bits per heavy atom. The predicted molar refractivity (Wildman–Crippen MR) is 109 cm³/mol. The van der Waals surface area contributed by atoms with Crippen molar-refractivity contribution in [3.05, 3.63) is 40.9 Å². The highest BCUT2D eigenvalue weighted by Gasteiger charge is 2.52. The van der Waals surface area contributed by atoms with Gasteiger partial charge in [-0.05, 0) is 71.6 Å². The summed E-state index contributed by atoms with van der Waals surface area (Å²) in [6, 6.07) is 9.28. The topological polar surface area (TPSA) is 80.6 Å². The fourth-order valence-electron chi connectivity index (χ4n) is 2.55. The van der Waals surface area contributed by atoms with Crippen LogP contribution in [0.1, 0.15) is 59.6 Å². The highest BCUT2D eigenvalue weighted by atomic mass is 16.7. The molecule has 7 heteroatoms. The largest absolute Gasteiger partial charge is 0.492 e. The molecule has 0 atom stereocenters. The van der Waals surface area contributed by atoms with Crippen LogP contribution in [0.5, 0.6) is 0 Å². The van der Waals surface area contributed by atoms with E-state index in [-0.39, 0.29) is 6.54 Å². The van der Waals surface area contributed by atoms with Crippen molar-refractivity contribution in [1.29, 1.82) is 5.26 Å². The average Bonchev–Trinajstić information content (AvgIpc) is 2.78. The molecule has 2 rings (SSSR count). The van der Waals surface area contributed by atoms with Crippen LogP contribution in [0.15, 0.2) is 29.7 Å². The minimum absolute atomic E-state index is 0.214. The van der Waals surface area contributed by atoms with Crippen LogP contribution in [-0.4, -0.2) is 36.6 Å². The summed E-state index contributed by atoms with van der Waals surface area (Å²) in [7, 11) is -0.601. The fraction of sp³-hybridized carbons (Fsp3) is 0.524. The minimum Gasteiger partial charge on any atom is -0.444 e. The number of carbonyl (C=O) groups is 1. The number of benzene rings is 1. The molecule has 1 aliphatic heterocycles. The van der Waals surface area contributed by atoms with E-state index in [0.29, 0.717) is 5.56 Å². The average molecular weight is 384 g/mol. The number of carbonyl (C=O) groups excluding carboxylic acids is 1. The van der Waals surface area contributed by atoms with Gasteiger partial charge in [-0.15, -0.1) is 0 Å². The van der Waals surface area contributed by atoms with E-state index in [2.05, 4.69) is 11.4 Å². The molecule has 0 aromatic heterocycles. The van der Waals surface area contributed by atoms with Gasteiger partial charge in [-0.1, -0.05) is 18.2 Å². The number of hydrogen-bond donors (Lipinski definition) is 1. The monoisotopic (exact) mass is 384 g/mol. The molecule has 1 aromatic carbocycles. The van der Waals surface area contributed by atoms with Crippen LogP contribution in [-0.2, 0) is 14.0 Å². The van der Waals surface area contributed by atoms with Crippen LogP contribution in [0.4, 0.5) is 4.79 Å². The maximum absolute atomic E-state index is 12.1. The van der Waals surface area contributed by atoms with Gasteiger partial charge in [0.1, 0.15) is 5.60 Å². The lowest BCUT2D eigenvalue weighted by Crippen LogP contribution is -2.41. The first-order chi connectivity index (χ1) is 12.8. The Hall–Kier alpha value is -2.30. The molecule has 6 nitrogen and oxygen atoms in total.